The Balaban J connectivity index is 1.47. The lowest BCUT2D eigenvalue weighted by molar-refractivity contribution is -0.121. The average Bonchev–Trinajstić information content (AvgIpc) is 3.17. The van der Waals surface area contributed by atoms with E-state index in [9.17, 15) is 4.79 Å². The molecule has 0 aliphatic heterocycles. The van der Waals surface area contributed by atoms with Crippen LogP contribution in [-0.2, 0) is 17.8 Å². The van der Waals surface area contributed by atoms with Crippen molar-refractivity contribution in [2.45, 2.75) is 19.9 Å². The second-order valence-electron chi connectivity index (χ2n) is 5.12. The summed E-state index contributed by atoms with van der Waals surface area (Å²) in [6, 6.07) is 11.4. The van der Waals surface area contributed by atoms with Crippen LogP contribution >= 0.6 is 0 Å². The lowest BCUT2D eigenvalue weighted by Crippen LogP contribution is -2.29. The van der Waals surface area contributed by atoms with Crippen molar-refractivity contribution in [1.82, 2.24) is 25.3 Å². The summed E-state index contributed by atoms with van der Waals surface area (Å²) in [6.45, 7) is 2.52. The first-order valence-electron chi connectivity index (χ1n) is 7.35. The zero-order valence-corrected chi connectivity index (χ0v) is 12.8. The van der Waals surface area contributed by atoms with Gasteiger partial charge in [-0.15, -0.1) is 10.2 Å². The molecule has 0 fully saturated rings. The molecule has 7 heteroatoms. The van der Waals surface area contributed by atoms with Crippen LogP contribution in [0.1, 0.15) is 11.6 Å². The molecule has 0 aliphatic carbocycles. The van der Waals surface area contributed by atoms with E-state index in [1.54, 1.807) is 10.9 Å². The van der Waals surface area contributed by atoms with Gasteiger partial charge in [0.15, 0.2) is 0 Å². The predicted molar refractivity (Wildman–Crippen MR) is 83.4 cm³/mol. The summed E-state index contributed by atoms with van der Waals surface area (Å²) in [5.41, 5.74) is 1.77. The Kier molecular flexibility index (Phi) is 4.46. The topological polar surface area (TPSA) is 85.8 Å². The van der Waals surface area contributed by atoms with Crippen LogP contribution in [0.3, 0.4) is 0 Å². The normalized spacial score (nSPS) is 10.7. The lowest BCUT2D eigenvalue weighted by atomic mass is 10.2. The largest absolute Gasteiger partial charge is 0.421 e. The number of carbonyl (C=O) groups is 1. The van der Waals surface area contributed by atoms with Gasteiger partial charge in [-0.25, -0.2) is 0 Å². The first kappa shape index (κ1) is 15.0. The SMILES string of the molecule is Cc1ccn(CC(=O)NCCc2nnc(-c3ccccc3)o2)n1. The summed E-state index contributed by atoms with van der Waals surface area (Å²) in [5, 5.41) is 15.0. The quantitative estimate of drug-likeness (QED) is 0.747. The van der Waals surface area contributed by atoms with Gasteiger partial charge in [-0.05, 0) is 25.1 Å². The number of aryl methyl sites for hydroxylation is 1. The van der Waals surface area contributed by atoms with Gasteiger partial charge < -0.3 is 9.73 Å². The van der Waals surface area contributed by atoms with Gasteiger partial charge in [0.1, 0.15) is 6.54 Å². The Morgan fingerprint density at radius 1 is 1.22 bits per heavy atom. The van der Waals surface area contributed by atoms with Crippen molar-refractivity contribution in [3.8, 4) is 11.5 Å². The molecule has 0 saturated carbocycles. The number of aromatic nitrogens is 4. The fraction of sp³-hybridized carbons (Fsp3) is 0.250. The number of amides is 1. The third-order valence-electron chi connectivity index (χ3n) is 3.23. The van der Waals surface area contributed by atoms with E-state index in [2.05, 4.69) is 20.6 Å². The summed E-state index contributed by atoms with van der Waals surface area (Å²) in [5.74, 6) is 0.883. The molecule has 0 spiro atoms. The molecule has 2 heterocycles. The third kappa shape index (κ3) is 4.03. The summed E-state index contributed by atoms with van der Waals surface area (Å²) in [4.78, 5) is 11.8. The van der Waals surface area contributed by atoms with E-state index < -0.39 is 0 Å². The van der Waals surface area contributed by atoms with E-state index in [-0.39, 0.29) is 12.5 Å². The zero-order valence-electron chi connectivity index (χ0n) is 12.8. The monoisotopic (exact) mass is 311 g/mol. The summed E-state index contributed by atoms with van der Waals surface area (Å²) in [6.07, 6.45) is 2.27. The molecule has 0 bridgehead atoms. The van der Waals surface area contributed by atoms with Gasteiger partial charge in [-0.2, -0.15) is 5.10 Å². The Morgan fingerprint density at radius 3 is 2.78 bits per heavy atom. The van der Waals surface area contributed by atoms with Crippen molar-refractivity contribution in [3.63, 3.8) is 0 Å². The van der Waals surface area contributed by atoms with Crippen LogP contribution < -0.4 is 5.32 Å². The highest BCUT2D eigenvalue weighted by atomic mass is 16.4. The molecule has 118 valence electrons. The van der Waals surface area contributed by atoms with E-state index in [0.29, 0.717) is 24.7 Å². The molecular formula is C16H17N5O2. The first-order chi connectivity index (χ1) is 11.2. The van der Waals surface area contributed by atoms with Crippen LogP contribution in [-0.4, -0.2) is 32.4 Å². The molecule has 1 aromatic carbocycles. The van der Waals surface area contributed by atoms with Gasteiger partial charge in [-0.1, -0.05) is 18.2 Å². The van der Waals surface area contributed by atoms with Crippen molar-refractivity contribution in [1.29, 1.82) is 0 Å². The molecular weight excluding hydrogens is 294 g/mol. The molecule has 0 saturated heterocycles. The van der Waals surface area contributed by atoms with Crippen molar-refractivity contribution >= 4 is 5.91 Å². The maximum absolute atomic E-state index is 11.8. The van der Waals surface area contributed by atoms with Crippen LogP contribution in [0, 0.1) is 6.92 Å². The smallest absolute Gasteiger partial charge is 0.247 e. The van der Waals surface area contributed by atoms with Crippen molar-refractivity contribution in [2.75, 3.05) is 6.54 Å². The van der Waals surface area contributed by atoms with Gasteiger partial charge in [0, 0.05) is 24.7 Å². The Hall–Kier alpha value is -2.96. The minimum atomic E-state index is -0.101. The first-order valence-corrected chi connectivity index (χ1v) is 7.35. The Labute approximate surface area is 133 Å². The van der Waals surface area contributed by atoms with Crippen LogP contribution in [0.25, 0.3) is 11.5 Å². The number of rotatable bonds is 6. The van der Waals surface area contributed by atoms with Gasteiger partial charge in [-0.3, -0.25) is 9.48 Å². The number of nitrogens with zero attached hydrogens (tertiary/aromatic N) is 4. The summed E-state index contributed by atoms with van der Waals surface area (Å²) in [7, 11) is 0. The molecule has 1 N–H and O–H groups in total. The summed E-state index contributed by atoms with van der Waals surface area (Å²) >= 11 is 0. The van der Waals surface area contributed by atoms with Crippen molar-refractivity contribution < 1.29 is 9.21 Å². The molecule has 0 aliphatic rings. The Bertz CT molecular complexity index is 779. The molecule has 3 rings (SSSR count). The number of benzene rings is 1. The van der Waals surface area contributed by atoms with Gasteiger partial charge in [0.25, 0.3) is 0 Å². The molecule has 23 heavy (non-hydrogen) atoms. The number of nitrogens with one attached hydrogen (secondary N) is 1. The fourth-order valence-corrected chi connectivity index (χ4v) is 2.12. The van der Waals surface area contributed by atoms with Crippen molar-refractivity contribution in [2.24, 2.45) is 0 Å². The molecule has 0 radical (unpaired) electrons. The maximum atomic E-state index is 11.8. The molecule has 1 amide bonds. The number of hydrogen-bond donors (Lipinski definition) is 1. The highest BCUT2D eigenvalue weighted by molar-refractivity contribution is 5.75. The number of hydrogen-bond acceptors (Lipinski definition) is 5. The second-order valence-corrected chi connectivity index (χ2v) is 5.12. The van der Waals surface area contributed by atoms with E-state index in [1.165, 1.54) is 0 Å². The van der Waals surface area contributed by atoms with Gasteiger partial charge >= 0.3 is 0 Å². The van der Waals surface area contributed by atoms with E-state index in [0.717, 1.165) is 11.3 Å². The highest BCUT2D eigenvalue weighted by Gasteiger charge is 2.09. The zero-order chi connectivity index (χ0) is 16.1. The minimum absolute atomic E-state index is 0.101. The van der Waals surface area contributed by atoms with Crippen LogP contribution in [0.15, 0.2) is 47.0 Å². The minimum Gasteiger partial charge on any atom is -0.421 e. The molecule has 0 unspecified atom stereocenters. The third-order valence-corrected chi connectivity index (χ3v) is 3.23. The van der Waals surface area contributed by atoms with Crippen LogP contribution in [0.2, 0.25) is 0 Å². The van der Waals surface area contributed by atoms with Crippen LogP contribution in [0.5, 0.6) is 0 Å². The molecule has 3 aromatic rings. The van der Waals surface area contributed by atoms with Crippen molar-refractivity contribution in [3.05, 3.63) is 54.2 Å². The maximum Gasteiger partial charge on any atom is 0.247 e. The van der Waals surface area contributed by atoms with Gasteiger partial charge in [0.05, 0.1) is 5.69 Å². The fourth-order valence-electron chi connectivity index (χ4n) is 2.12. The molecule has 7 nitrogen and oxygen atoms in total. The van der Waals surface area contributed by atoms with E-state index in [1.807, 2.05) is 43.3 Å². The van der Waals surface area contributed by atoms with Crippen LogP contribution in [0.4, 0.5) is 0 Å². The van der Waals surface area contributed by atoms with E-state index >= 15 is 0 Å². The second kappa shape index (κ2) is 6.87. The predicted octanol–water partition coefficient (Wildman–Crippen LogP) is 1.60. The Morgan fingerprint density at radius 2 is 2.04 bits per heavy atom. The summed E-state index contributed by atoms with van der Waals surface area (Å²) < 4.78 is 7.18. The highest BCUT2D eigenvalue weighted by Crippen LogP contribution is 2.16. The molecule has 0 atom stereocenters. The van der Waals surface area contributed by atoms with E-state index in [4.69, 9.17) is 4.42 Å². The number of carbonyl (C=O) groups excluding carboxylic acids is 1. The molecule has 2 aromatic heterocycles. The standard InChI is InChI=1S/C16H17N5O2/c1-12-8-10-21(20-12)11-14(22)17-9-7-15-18-19-16(23-15)13-5-3-2-4-6-13/h2-6,8,10H,7,9,11H2,1H3,(H,17,22). The van der Waals surface area contributed by atoms with Gasteiger partial charge in [0.2, 0.25) is 17.7 Å². The average molecular weight is 311 g/mol. The lowest BCUT2D eigenvalue weighted by Gasteiger charge is -2.03.